The van der Waals surface area contributed by atoms with Gasteiger partial charge in [-0.2, -0.15) is 0 Å². The molecular weight excluding hydrogens is 136 g/mol. The van der Waals surface area contributed by atoms with E-state index in [9.17, 15) is 0 Å². The fraction of sp³-hybridized carbons (Fsp3) is 0.222. The van der Waals surface area contributed by atoms with Crippen molar-refractivity contribution in [1.82, 2.24) is 4.90 Å². The molecule has 2 aliphatic rings. The lowest BCUT2D eigenvalue weighted by Gasteiger charge is -2.27. The van der Waals surface area contributed by atoms with E-state index in [1.807, 2.05) is 25.7 Å². The quantitative estimate of drug-likeness (QED) is 0.503. The standard InChI is InChI=1S/C9H10N2/c1-11-7-10-6-8-4-2-3-5-9(8)11/h2-7,9H,1H3. The van der Waals surface area contributed by atoms with Gasteiger partial charge in [0.05, 0.1) is 12.4 Å². The summed E-state index contributed by atoms with van der Waals surface area (Å²) in [4.78, 5) is 6.19. The molecule has 2 heteroatoms. The maximum atomic E-state index is 4.10. The molecule has 0 radical (unpaired) electrons. The Hall–Kier alpha value is -1.31. The third-order valence-electron chi connectivity index (χ3n) is 1.95. The van der Waals surface area contributed by atoms with Crippen LogP contribution in [0, 0.1) is 0 Å². The smallest absolute Gasteiger partial charge is 0.0910 e. The number of aliphatic imine (C=N–C) groups is 1. The molecule has 11 heavy (non-hydrogen) atoms. The lowest BCUT2D eigenvalue weighted by atomic mass is 10.0. The van der Waals surface area contributed by atoms with Gasteiger partial charge in [-0.05, 0) is 5.57 Å². The van der Waals surface area contributed by atoms with Crippen molar-refractivity contribution in [2.24, 2.45) is 4.99 Å². The van der Waals surface area contributed by atoms with Crippen molar-refractivity contribution in [3.63, 3.8) is 0 Å². The van der Waals surface area contributed by atoms with Gasteiger partial charge in [0, 0.05) is 13.2 Å². The fourth-order valence-electron chi connectivity index (χ4n) is 1.33. The first-order valence-corrected chi connectivity index (χ1v) is 3.68. The van der Waals surface area contributed by atoms with Crippen molar-refractivity contribution < 1.29 is 0 Å². The molecule has 1 aliphatic heterocycles. The zero-order chi connectivity index (χ0) is 7.68. The Bertz CT molecular complexity index is 271. The Labute approximate surface area is 66.2 Å². The van der Waals surface area contributed by atoms with Crippen molar-refractivity contribution in [3.05, 3.63) is 36.1 Å². The Balaban J connectivity index is 2.35. The highest BCUT2D eigenvalue weighted by molar-refractivity contribution is 5.61. The van der Waals surface area contributed by atoms with E-state index in [2.05, 4.69) is 28.1 Å². The normalized spacial score (nSPS) is 26.8. The summed E-state index contributed by atoms with van der Waals surface area (Å²) in [6.45, 7) is 0. The third kappa shape index (κ3) is 1.00. The molecule has 1 aliphatic carbocycles. The van der Waals surface area contributed by atoms with E-state index in [0.717, 1.165) is 0 Å². The predicted molar refractivity (Wildman–Crippen MR) is 46.4 cm³/mol. The van der Waals surface area contributed by atoms with E-state index in [-0.39, 0.29) is 0 Å². The van der Waals surface area contributed by atoms with Gasteiger partial charge in [0.15, 0.2) is 0 Å². The molecule has 0 bridgehead atoms. The molecule has 0 saturated carbocycles. The number of likely N-dealkylation sites (N-methyl/N-ethyl adjacent to an activating group) is 1. The molecule has 0 aromatic carbocycles. The van der Waals surface area contributed by atoms with Gasteiger partial charge in [-0.1, -0.05) is 24.3 Å². The highest BCUT2D eigenvalue weighted by atomic mass is 15.2. The van der Waals surface area contributed by atoms with Crippen LogP contribution in [0.15, 0.2) is 41.1 Å². The van der Waals surface area contributed by atoms with E-state index >= 15 is 0 Å². The molecule has 2 nitrogen and oxygen atoms in total. The Morgan fingerprint density at radius 1 is 1.45 bits per heavy atom. The van der Waals surface area contributed by atoms with Crippen molar-refractivity contribution >= 4 is 6.34 Å². The van der Waals surface area contributed by atoms with Crippen LogP contribution in [0.5, 0.6) is 0 Å². The molecular formula is C9H10N2. The van der Waals surface area contributed by atoms with Crippen LogP contribution >= 0.6 is 0 Å². The number of hydrogen-bond donors (Lipinski definition) is 0. The molecule has 56 valence electrons. The Morgan fingerprint density at radius 2 is 2.36 bits per heavy atom. The molecule has 2 rings (SSSR count). The van der Waals surface area contributed by atoms with E-state index in [4.69, 9.17) is 0 Å². The van der Waals surface area contributed by atoms with Crippen LogP contribution in [0.1, 0.15) is 0 Å². The summed E-state index contributed by atoms with van der Waals surface area (Å²) in [7, 11) is 2.03. The predicted octanol–water partition coefficient (Wildman–Crippen LogP) is 1.34. The van der Waals surface area contributed by atoms with Crippen LogP contribution in [0.2, 0.25) is 0 Å². The van der Waals surface area contributed by atoms with E-state index in [0.29, 0.717) is 6.04 Å². The molecule has 0 N–H and O–H groups in total. The lowest BCUT2D eigenvalue weighted by molar-refractivity contribution is 0.480. The maximum absolute atomic E-state index is 4.10. The van der Waals surface area contributed by atoms with Gasteiger partial charge in [0.25, 0.3) is 0 Å². The zero-order valence-corrected chi connectivity index (χ0v) is 6.44. The summed E-state index contributed by atoms with van der Waals surface area (Å²) < 4.78 is 0. The molecule has 0 aromatic heterocycles. The number of hydrogen-bond acceptors (Lipinski definition) is 2. The molecule has 0 spiro atoms. The van der Waals surface area contributed by atoms with Crippen molar-refractivity contribution in [2.45, 2.75) is 6.04 Å². The van der Waals surface area contributed by atoms with Gasteiger partial charge in [0.1, 0.15) is 0 Å². The first kappa shape index (κ1) is 6.40. The first-order valence-electron chi connectivity index (χ1n) is 3.68. The van der Waals surface area contributed by atoms with Gasteiger partial charge < -0.3 is 4.90 Å². The number of fused-ring (bicyclic) bond motifs is 1. The number of rotatable bonds is 0. The lowest BCUT2D eigenvalue weighted by Crippen LogP contribution is -2.32. The molecule has 0 aromatic rings. The average Bonchev–Trinajstić information content (AvgIpc) is 2.06. The monoisotopic (exact) mass is 146 g/mol. The molecule has 1 heterocycles. The highest BCUT2D eigenvalue weighted by Gasteiger charge is 2.16. The summed E-state index contributed by atoms with van der Waals surface area (Å²) >= 11 is 0. The average molecular weight is 146 g/mol. The van der Waals surface area contributed by atoms with Gasteiger partial charge >= 0.3 is 0 Å². The van der Waals surface area contributed by atoms with Gasteiger partial charge in [-0.3, -0.25) is 0 Å². The van der Waals surface area contributed by atoms with Gasteiger partial charge in [-0.15, -0.1) is 0 Å². The third-order valence-corrected chi connectivity index (χ3v) is 1.95. The largest absolute Gasteiger partial charge is 0.355 e. The van der Waals surface area contributed by atoms with Crippen LogP contribution in [0.3, 0.4) is 0 Å². The van der Waals surface area contributed by atoms with Gasteiger partial charge in [-0.25, -0.2) is 4.99 Å². The maximum Gasteiger partial charge on any atom is 0.0910 e. The molecule has 0 amide bonds. The Kier molecular flexibility index (Phi) is 1.39. The second-order valence-electron chi connectivity index (χ2n) is 2.75. The molecule has 1 atom stereocenters. The molecule has 1 unspecified atom stereocenters. The summed E-state index contributed by atoms with van der Waals surface area (Å²) in [5, 5.41) is 0. The summed E-state index contributed by atoms with van der Waals surface area (Å²) in [6, 6.07) is 0.400. The molecule has 0 fully saturated rings. The highest BCUT2D eigenvalue weighted by Crippen LogP contribution is 2.18. The van der Waals surface area contributed by atoms with Crippen molar-refractivity contribution in [2.75, 3.05) is 7.05 Å². The van der Waals surface area contributed by atoms with Gasteiger partial charge in [0.2, 0.25) is 0 Å². The topological polar surface area (TPSA) is 15.6 Å². The summed E-state index contributed by atoms with van der Waals surface area (Å²) in [5.74, 6) is 0. The van der Waals surface area contributed by atoms with Crippen LogP contribution in [0.4, 0.5) is 0 Å². The van der Waals surface area contributed by atoms with Crippen LogP contribution in [0.25, 0.3) is 0 Å². The SMILES string of the molecule is CN1C=NC=C2C=CC=CC21. The van der Waals surface area contributed by atoms with Crippen LogP contribution in [-0.2, 0) is 0 Å². The second-order valence-corrected chi connectivity index (χ2v) is 2.75. The number of allylic oxidation sites excluding steroid dienone is 2. The first-order chi connectivity index (χ1) is 5.38. The van der Waals surface area contributed by atoms with Crippen LogP contribution < -0.4 is 0 Å². The fourth-order valence-corrected chi connectivity index (χ4v) is 1.33. The Morgan fingerprint density at radius 3 is 3.18 bits per heavy atom. The van der Waals surface area contributed by atoms with Crippen molar-refractivity contribution in [1.29, 1.82) is 0 Å². The van der Waals surface area contributed by atoms with E-state index < -0.39 is 0 Å². The van der Waals surface area contributed by atoms with E-state index in [1.165, 1.54) is 5.57 Å². The second kappa shape index (κ2) is 2.38. The minimum atomic E-state index is 0.400. The summed E-state index contributed by atoms with van der Waals surface area (Å²) in [6.07, 6.45) is 12.1. The zero-order valence-electron chi connectivity index (χ0n) is 6.44. The van der Waals surface area contributed by atoms with E-state index in [1.54, 1.807) is 0 Å². The minimum absolute atomic E-state index is 0.400. The summed E-state index contributed by atoms with van der Waals surface area (Å²) in [5.41, 5.74) is 1.26. The minimum Gasteiger partial charge on any atom is -0.355 e. The van der Waals surface area contributed by atoms with Crippen LogP contribution in [-0.4, -0.2) is 24.3 Å². The number of nitrogens with zero attached hydrogens (tertiary/aromatic N) is 2. The van der Waals surface area contributed by atoms with Crippen molar-refractivity contribution in [3.8, 4) is 0 Å². The molecule has 0 saturated heterocycles.